The topological polar surface area (TPSA) is 367 Å². The monoisotopic (exact) mass is 2030 g/mol. The van der Waals surface area contributed by atoms with E-state index in [0.29, 0.717) is 60.2 Å². The van der Waals surface area contributed by atoms with Crippen LogP contribution in [0.5, 0.6) is 40.2 Å². The van der Waals surface area contributed by atoms with Gasteiger partial charge in [-0.2, -0.15) is 17.0 Å². The van der Waals surface area contributed by atoms with E-state index in [1.54, 1.807) is 68.4 Å². The van der Waals surface area contributed by atoms with Gasteiger partial charge in [-0.1, -0.05) is 37.4 Å². The molecule has 29 nitrogen and oxygen atoms in total. The third-order valence-corrected chi connectivity index (χ3v) is 22.3. The largest absolute Gasteiger partial charge is 0.507 e. The van der Waals surface area contributed by atoms with Gasteiger partial charge >= 0.3 is 41.8 Å². The number of thioether (sulfide) groups is 1. The van der Waals surface area contributed by atoms with Crippen molar-refractivity contribution in [2.75, 3.05) is 69.6 Å². The minimum absolute atomic E-state index is 0.0335. The quantitative estimate of drug-likeness (QED) is 0.00759. The first-order valence-electron chi connectivity index (χ1n) is 37.8. The lowest BCUT2D eigenvalue weighted by molar-refractivity contribution is -0.135. The molecule has 124 heavy (non-hydrogen) atoms. The second-order valence-electron chi connectivity index (χ2n) is 26.7. The lowest BCUT2D eigenvalue weighted by Gasteiger charge is -2.18. The molecular weight excluding hydrogens is 1940 g/mol. The molecule has 3 aliphatic heterocycles. The van der Waals surface area contributed by atoms with Crippen LogP contribution < -0.4 is 28.4 Å². The van der Waals surface area contributed by atoms with Gasteiger partial charge in [-0.25, -0.2) is 41.6 Å². The van der Waals surface area contributed by atoms with Crippen LogP contribution in [0.15, 0.2) is 188 Å². The van der Waals surface area contributed by atoms with Crippen LogP contribution >= 0.6 is 106 Å². The maximum Gasteiger partial charge on any atom is 0.357 e. The van der Waals surface area contributed by atoms with E-state index in [-0.39, 0.29) is 58.0 Å². The normalized spacial score (nSPS) is 15.4. The molecule has 676 valence electrons. The molecule has 6 aliphatic rings. The number of carbonyl (C=O) groups is 8. The van der Waals surface area contributed by atoms with E-state index in [1.165, 1.54) is 104 Å². The van der Waals surface area contributed by atoms with E-state index in [4.69, 9.17) is 92.2 Å². The van der Waals surface area contributed by atoms with Crippen LogP contribution in [0, 0.1) is 0 Å². The molecule has 38 heteroatoms. The first-order valence-corrected chi connectivity index (χ1v) is 44.8. The minimum atomic E-state index is -3.98. The number of aliphatic hydroxyl groups is 2. The molecule has 0 bridgehead atoms. The molecular formula is C86H100Br3Cl3N2O27S3. The Morgan fingerprint density at radius 3 is 1.34 bits per heavy atom. The Morgan fingerprint density at radius 1 is 0.556 bits per heavy atom. The molecule has 0 aromatic heterocycles. The fraction of sp³-hybridized carbons (Fsp3) is 0.372. The number of phenols is 1. The van der Waals surface area contributed by atoms with Gasteiger partial charge in [0, 0.05) is 72.3 Å². The number of aliphatic hydroxyl groups excluding tert-OH is 2. The molecule has 3 N–H and O–H groups in total. The van der Waals surface area contributed by atoms with Gasteiger partial charge in [0.2, 0.25) is 0 Å². The van der Waals surface area contributed by atoms with Crippen molar-refractivity contribution in [3.05, 3.63) is 218 Å². The Hall–Kier alpha value is -8.82. The number of aromatic hydroxyl groups is 1. The summed E-state index contributed by atoms with van der Waals surface area (Å²) in [5.41, 5.74) is 3.40. The SMILES string of the molecule is C=COC(C)=O.C=COc1ccc(C(=O)OC)cc1Br.CC1(C)C(=O)N(Cl)C(=O)N1Cl.COC(=O)c1ccc(O)c(Br)c1.COC(=O)c1ccc(OC2CC2)c(Br)c1.COC(=O)c1ccc(OC2CC2)c(S(=O)(=O)Cl)c1.COC(=O)c1ccc(OC2CC2)c(SCc2ccc(OC)cc2)c1.COc1ccc(CS)cc1.OC1CCCCOC1.OC1CCCO1. The van der Waals surface area contributed by atoms with Gasteiger partial charge in [0.1, 0.15) is 50.7 Å². The number of imide groups is 1. The molecule has 2 atom stereocenters. The van der Waals surface area contributed by atoms with E-state index < -0.39 is 44.8 Å². The Kier molecular flexibility index (Phi) is 48.8. The molecule has 3 saturated carbocycles. The Morgan fingerprint density at radius 2 is 0.984 bits per heavy atom. The number of urea groups is 1. The molecule has 2 unspecified atom stereocenters. The standard InChI is InChI=1S/C19H20O4S.C11H11BrO3.C11H11ClO5S.C10H9BrO3.C8H7BrO3.C8H10OS.C6H12O2.C5H6Cl2N2O2.C4H8O2.C4H6O2/c1-21-15-6-3-13(4-7-15)12-24-18-11-14(19(20)22-2)5-10-17(18)23-16-8-9-16;1-14-11(13)7-2-5-10(9(12)6-7)15-8-3-4-8;1-16-11(13)7-2-5-9(17-8-3-4-8)10(6-7)18(12,14)15;1-3-14-9-5-4-7(6-8(9)11)10(12)13-2;1-12-8(11)5-2-3-7(10)6(9)4-5;1-9-8-4-2-7(6-10)3-5-8;7-6-3-1-2-4-8-5-6;1-5(2)3(10)8(6)4(11)9(5)7;5-4-2-1-3-6-4;1-3-6-4(2)5/h3-7,10-11,16H,8-9,12H2,1-2H3;2,5-6,8H,3-4H2,1H3;2,5-6,8H,3-4H2,1H3;3-6H,1H2,2H3;2-4,10H,1H3;2-5,10H,6H2,1H3;6-7H,1-5H2;1-2H3;4-5H,1-3H2;3H,1H2,2H3. The molecule has 3 aliphatic carbocycles. The Labute approximate surface area is 770 Å². The highest BCUT2D eigenvalue weighted by Gasteiger charge is 2.51. The van der Waals surface area contributed by atoms with Gasteiger partial charge in [0.15, 0.2) is 6.29 Å². The lowest BCUT2D eigenvalue weighted by Crippen LogP contribution is -2.38. The smallest absolute Gasteiger partial charge is 0.357 e. The average Bonchev–Trinajstić information content (AvgIpc) is 1.62. The highest BCUT2D eigenvalue weighted by molar-refractivity contribution is 9.11. The fourth-order valence-electron chi connectivity index (χ4n) is 9.53. The van der Waals surface area contributed by atoms with Crippen molar-refractivity contribution in [2.45, 2.75) is 149 Å². The van der Waals surface area contributed by atoms with Crippen molar-refractivity contribution >= 4 is 163 Å². The van der Waals surface area contributed by atoms with E-state index in [0.717, 1.165) is 144 Å². The van der Waals surface area contributed by atoms with Gasteiger partial charge in [0.25, 0.3) is 15.0 Å². The van der Waals surface area contributed by atoms with Crippen molar-refractivity contribution in [3.8, 4) is 40.2 Å². The number of hydrogen-bond donors (Lipinski definition) is 4. The van der Waals surface area contributed by atoms with Crippen LogP contribution in [0.4, 0.5) is 4.79 Å². The van der Waals surface area contributed by atoms with E-state index in [2.05, 4.69) is 97.3 Å². The summed E-state index contributed by atoms with van der Waals surface area (Å²) in [7, 11) is 11.3. The number of methoxy groups -OCH3 is 7. The number of benzene rings is 7. The first kappa shape index (κ1) is 108. The lowest BCUT2D eigenvalue weighted by atomic mass is 10.1. The van der Waals surface area contributed by atoms with Crippen LogP contribution in [0.2, 0.25) is 0 Å². The zero-order chi connectivity index (χ0) is 92.2. The zero-order valence-corrected chi connectivity index (χ0v) is 79.2. The second-order valence-corrected chi connectivity index (χ2v) is 33.8. The van der Waals surface area contributed by atoms with Crippen molar-refractivity contribution in [1.82, 2.24) is 8.84 Å². The van der Waals surface area contributed by atoms with Gasteiger partial charge in [-0.05, 0) is 252 Å². The highest BCUT2D eigenvalue weighted by Crippen LogP contribution is 2.39. The molecule has 0 spiro atoms. The van der Waals surface area contributed by atoms with E-state index >= 15 is 0 Å². The van der Waals surface area contributed by atoms with Crippen molar-refractivity contribution in [3.63, 3.8) is 0 Å². The van der Waals surface area contributed by atoms with Crippen molar-refractivity contribution in [2.24, 2.45) is 0 Å². The number of nitrogens with zero attached hydrogens (tertiary/aromatic N) is 2. The van der Waals surface area contributed by atoms with Crippen LogP contribution in [0.3, 0.4) is 0 Å². The number of esters is 6. The van der Waals surface area contributed by atoms with Gasteiger partial charge in [-0.3, -0.25) is 9.59 Å². The Bertz CT molecular complexity index is 4720. The molecule has 7 aromatic rings. The van der Waals surface area contributed by atoms with Gasteiger partial charge < -0.3 is 81.6 Å². The predicted octanol–water partition coefficient (Wildman–Crippen LogP) is 18.6. The summed E-state index contributed by atoms with van der Waals surface area (Å²) in [5, 5.41) is 26.6. The number of rotatable bonds is 21. The number of amides is 3. The number of phenolic OH excluding ortho intramolecular Hbond substituents is 1. The molecule has 3 amide bonds. The molecule has 7 aromatic carbocycles. The second kappa shape index (κ2) is 56.3. The summed E-state index contributed by atoms with van der Waals surface area (Å²) in [6.07, 6.45) is 13.6. The maximum absolute atomic E-state index is 11.8. The van der Waals surface area contributed by atoms with E-state index in [1.807, 2.05) is 60.7 Å². The predicted molar refractivity (Wildman–Crippen MR) is 480 cm³/mol. The maximum atomic E-state index is 11.8. The molecule has 3 saturated heterocycles. The van der Waals surface area contributed by atoms with Crippen LogP contribution in [0.1, 0.15) is 154 Å². The summed E-state index contributed by atoms with van der Waals surface area (Å²) in [6.45, 7) is 13.1. The molecule has 0 radical (unpaired) electrons. The van der Waals surface area contributed by atoms with Gasteiger partial charge in [-0.15, -0.1) is 11.8 Å². The third kappa shape index (κ3) is 39.4. The van der Waals surface area contributed by atoms with E-state index in [9.17, 15) is 46.8 Å². The summed E-state index contributed by atoms with van der Waals surface area (Å²) >= 11 is 26.3. The highest BCUT2D eigenvalue weighted by atomic mass is 79.9. The van der Waals surface area contributed by atoms with Crippen molar-refractivity contribution in [1.29, 1.82) is 0 Å². The number of thiol groups is 1. The number of hydrogen-bond acceptors (Lipinski definition) is 29. The molecule has 3 heterocycles. The fourth-order valence-corrected chi connectivity index (χ4v) is 13.5. The summed E-state index contributed by atoms with van der Waals surface area (Å²) in [5.74, 6) is 2.85. The first-order chi connectivity index (χ1) is 58.9. The van der Waals surface area contributed by atoms with Crippen LogP contribution in [-0.4, -0.2) is 186 Å². The average molecular weight is 2040 g/mol. The summed E-state index contributed by atoms with van der Waals surface area (Å²) in [4.78, 5) is 88.9. The van der Waals surface area contributed by atoms with Crippen LogP contribution in [-0.2, 0) is 68.0 Å². The Balaban J connectivity index is 0.000000297. The minimum Gasteiger partial charge on any atom is -0.507 e. The van der Waals surface area contributed by atoms with Crippen LogP contribution in [0.25, 0.3) is 0 Å². The zero-order valence-electron chi connectivity index (χ0n) is 69.6. The molecule has 13 rings (SSSR count). The van der Waals surface area contributed by atoms with Gasteiger partial charge in [0.05, 0.1) is 139 Å². The third-order valence-electron chi connectivity index (χ3n) is 16.7. The summed E-state index contributed by atoms with van der Waals surface area (Å²) in [6, 6.07) is 39.2. The number of ether oxygens (including phenoxy) is 14. The number of halogens is 6. The van der Waals surface area contributed by atoms with Crippen molar-refractivity contribution < 1.29 is 128 Å². The molecule has 6 fully saturated rings. The number of carbonyl (C=O) groups excluding carboxylic acids is 8. The summed E-state index contributed by atoms with van der Waals surface area (Å²) < 4.78 is 95.3.